The van der Waals surface area contributed by atoms with E-state index in [1.165, 1.54) is 31.4 Å². The van der Waals surface area contributed by atoms with E-state index in [0.29, 0.717) is 11.3 Å². The highest BCUT2D eigenvalue weighted by Crippen LogP contribution is 2.74. The van der Waals surface area contributed by atoms with E-state index in [1.54, 1.807) is 6.07 Å². The molecule has 5 heteroatoms. The molecule has 106 valence electrons. The summed E-state index contributed by atoms with van der Waals surface area (Å²) in [5.74, 6) is 2.15. The second-order valence-corrected chi connectivity index (χ2v) is 6.43. The minimum absolute atomic E-state index is 0.233. The third kappa shape index (κ3) is 1.54. The van der Waals surface area contributed by atoms with Gasteiger partial charge >= 0.3 is 0 Å². The largest absolute Gasteiger partial charge is 0.360 e. The van der Waals surface area contributed by atoms with E-state index < -0.39 is 0 Å². The van der Waals surface area contributed by atoms with Crippen molar-refractivity contribution in [3.05, 3.63) is 36.0 Å². The van der Waals surface area contributed by atoms with Crippen molar-refractivity contribution in [3.63, 3.8) is 0 Å². The molecule has 1 unspecified atom stereocenters. The van der Waals surface area contributed by atoms with Crippen molar-refractivity contribution in [2.45, 2.75) is 25.2 Å². The van der Waals surface area contributed by atoms with Gasteiger partial charge in [0.2, 0.25) is 0 Å². The molecule has 2 aromatic heterocycles. The second kappa shape index (κ2) is 3.53. The highest BCUT2D eigenvalue weighted by atomic mass is 19.1. The minimum Gasteiger partial charge on any atom is -0.360 e. The molecule has 3 aromatic rings. The molecule has 4 nitrogen and oxygen atoms in total. The van der Waals surface area contributed by atoms with Gasteiger partial charge < -0.3 is 4.98 Å². The predicted molar refractivity (Wildman–Crippen MR) is 77.3 cm³/mol. The Morgan fingerprint density at radius 3 is 3.00 bits per heavy atom. The van der Waals surface area contributed by atoms with Crippen molar-refractivity contribution in [2.75, 3.05) is 0 Å². The standard InChI is InChI=1S/C16H15FN4/c1-21-15(19-14(20-21)12-7-16(12)4-5-16)11-8-18-13-6-9(17)2-3-10(11)13/h2-3,6,8,12,18H,4-5,7H2,1H3. The number of aromatic nitrogens is 4. The summed E-state index contributed by atoms with van der Waals surface area (Å²) in [6.07, 6.45) is 5.79. The Labute approximate surface area is 121 Å². The molecule has 0 aliphatic heterocycles. The van der Waals surface area contributed by atoms with Crippen LogP contribution in [-0.4, -0.2) is 19.7 Å². The molecule has 0 bridgehead atoms. The lowest BCUT2D eigenvalue weighted by molar-refractivity contribution is 0.629. The number of aromatic amines is 1. The summed E-state index contributed by atoms with van der Waals surface area (Å²) in [6.45, 7) is 0. The molecule has 0 radical (unpaired) electrons. The average molecular weight is 282 g/mol. The van der Waals surface area contributed by atoms with E-state index in [4.69, 9.17) is 4.98 Å². The Hall–Kier alpha value is -2.17. The zero-order valence-corrected chi connectivity index (χ0v) is 11.7. The maximum atomic E-state index is 13.3. The summed E-state index contributed by atoms with van der Waals surface area (Å²) in [5, 5.41) is 5.59. The third-order valence-electron chi connectivity index (χ3n) is 5.06. The van der Waals surface area contributed by atoms with Crippen molar-refractivity contribution in [1.29, 1.82) is 0 Å². The van der Waals surface area contributed by atoms with Gasteiger partial charge in [0.15, 0.2) is 11.6 Å². The molecule has 1 aromatic carbocycles. The van der Waals surface area contributed by atoms with Gasteiger partial charge in [-0.3, -0.25) is 0 Å². The summed E-state index contributed by atoms with van der Waals surface area (Å²) >= 11 is 0. The van der Waals surface area contributed by atoms with Gasteiger partial charge in [0, 0.05) is 35.6 Å². The van der Waals surface area contributed by atoms with Crippen LogP contribution >= 0.6 is 0 Å². The molecule has 21 heavy (non-hydrogen) atoms. The molecule has 0 amide bonds. The fourth-order valence-corrected chi connectivity index (χ4v) is 3.50. The average Bonchev–Trinajstić information content (AvgIpc) is 3.31. The Balaban J connectivity index is 1.62. The lowest BCUT2D eigenvalue weighted by atomic mass is 10.1. The maximum Gasteiger partial charge on any atom is 0.160 e. The van der Waals surface area contributed by atoms with Crippen LogP contribution in [0.15, 0.2) is 24.4 Å². The van der Waals surface area contributed by atoms with Gasteiger partial charge in [0.25, 0.3) is 0 Å². The Kier molecular flexibility index (Phi) is 1.93. The molecule has 2 heterocycles. The molecular weight excluding hydrogens is 267 g/mol. The Morgan fingerprint density at radius 2 is 2.24 bits per heavy atom. The smallest absolute Gasteiger partial charge is 0.160 e. The molecule has 1 N–H and O–H groups in total. The van der Waals surface area contributed by atoms with Crippen molar-refractivity contribution in [3.8, 4) is 11.4 Å². The third-order valence-corrected chi connectivity index (χ3v) is 5.06. The van der Waals surface area contributed by atoms with Crippen LogP contribution in [-0.2, 0) is 7.05 Å². The lowest BCUT2D eigenvalue weighted by Crippen LogP contribution is -1.94. The number of nitrogens with one attached hydrogen (secondary N) is 1. The number of hydrogen-bond donors (Lipinski definition) is 1. The zero-order chi connectivity index (χ0) is 14.2. The van der Waals surface area contributed by atoms with Gasteiger partial charge in [0.1, 0.15) is 5.82 Å². The molecule has 2 saturated carbocycles. The van der Waals surface area contributed by atoms with E-state index >= 15 is 0 Å². The highest BCUT2D eigenvalue weighted by molar-refractivity contribution is 5.93. The zero-order valence-electron chi connectivity index (χ0n) is 11.7. The van der Waals surface area contributed by atoms with Crippen LogP contribution in [0.1, 0.15) is 31.0 Å². The van der Waals surface area contributed by atoms with E-state index in [-0.39, 0.29) is 5.82 Å². The maximum absolute atomic E-state index is 13.3. The monoisotopic (exact) mass is 282 g/mol. The van der Waals surface area contributed by atoms with Crippen LogP contribution in [0.2, 0.25) is 0 Å². The van der Waals surface area contributed by atoms with Crippen molar-refractivity contribution in [2.24, 2.45) is 12.5 Å². The summed E-state index contributed by atoms with van der Waals surface area (Å²) in [6, 6.07) is 4.79. The fraction of sp³-hybridized carbons (Fsp3) is 0.375. The Bertz CT molecular complexity index is 872. The first kappa shape index (κ1) is 11.5. The SMILES string of the molecule is Cn1nc(C2CC23CC3)nc1-c1c[nH]c2cc(F)ccc12. The first-order chi connectivity index (χ1) is 10.2. The summed E-state index contributed by atoms with van der Waals surface area (Å²) < 4.78 is 15.1. The predicted octanol–water partition coefficient (Wildman–Crippen LogP) is 3.37. The van der Waals surface area contributed by atoms with Gasteiger partial charge in [-0.2, -0.15) is 5.10 Å². The fourth-order valence-electron chi connectivity index (χ4n) is 3.50. The number of H-pyrrole nitrogens is 1. The van der Waals surface area contributed by atoms with Crippen molar-refractivity contribution >= 4 is 10.9 Å². The molecule has 2 aliphatic carbocycles. The van der Waals surface area contributed by atoms with Crippen LogP contribution in [0.3, 0.4) is 0 Å². The van der Waals surface area contributed by atoms with E-state index in [2.05, 4.69) is 10.1 Å². The van der Waals surface area contributed by atoms with Gasteiger partial charge in [-0.05, 0) is 42.9 Å². The molecule has 0 saturated heterocycles. The normalized spacial score (nSPS) is 22.1. The number of hydrogen-bond acceptors (Lipinski definition) is 2. The van der Waals surface area contributed by atoms with Crippen LogP contribution in [0, 0.1) is 11.2 Å². The van der Waals surface area contributed by atoms with Gasteiger partial charge in [-0.25, -0.2) is 14.1 Å². The first-order valence-corrected chi connectivity index (χ1v) is 7.34. The summed E-state index contributed by atoms with van der Waals surface area (Å²) in [7, 11) is 1.93. The van der Waals surface area contributed by atoms with Crippen LogP contribution in [0.4, 0.5) is 4.39 Å². The number of benzene rings is 1. The minimum atomic E-state index is -0.233. The van der Waals surface area contributed by atoms with Crippen LogP contribution in [0.25, 0.3) is 22.3 Å². The summed E-state index contributed by atoms with van der Waals surface area (Å²) in [5.41, 5.74) is 2.33. The van der Waals surface area contributed by atoms with Gasteiger partial charge in [0.05, 0.1) is 0 Å². The van der Waals surface area contributed by atoms with E-state index in [9.17, 15) is 4.39 Å². The number of fused-ring (bicyclic) bond motifs is 1. The van der Waals surface area contributed by atoms with Crippen molar-refractivity contribution in [1.82, 2.24) is 19.7 Å². The summed E-state index contributed by atoms with van der Waals surface area (Å²) in [4.78, 5) is 7.88. The Morgan fingerprint density at radius 1 is 1.38 bits per heavy atom. The molecule has 2 fully saturated rings. The number of rotatable bonds is 2. The second-order valence-electron chi connectivity index (χ2n) is 6.43. The van der Waals surface area contributed by atoms with E-state index in [0.717, 1.165) is 28.1 Å². The van der Waals surface area contributed by atoms with E-state index in [1.807, 2.05) is 17.9 Å². The molecule has 5 rings (SSSR count). The lowest BCUT2D eigenvalue weighted by Gasteiger charge is -1.97. The van der Waals surface area contributed by atoms with Crippen LogP contribution in [0.5, 0.6) is 0 Å². The quantitative estimate of drug-likeness (QED) is 0.783. The van der Waals surface area contributed by atoms with Gasteiger partial charge in [-0.15, -0.1) is 0 Å². The number of halogens is 1. The topological polar surface area (TPSA) is 46.5 Å². The van der Waals surface area contributed by atoms with Crippen molar-refractivity contribution < 1.29 is 4.39 Å². The molecular formula is C16H15FN4. The number of nitrogens with zero attached hydrogens (tertiary/aromatic N) is 3. The molecule has 1 spiro atoms. The number of aryl methyl sites for hydroxylation is 1. The molecule has 1 atom stereocenters. The first-order valence-electron chi connectivity index (χ1n) is 7.34. The van der Waals surface area contributed by atoms with Crippen LogP contribution < -0.4 is 0 Å². The highest BCUT2D eigenvalue weighted by Gasteiger charge is 2.64. The molecule has 2 aliphatic rings. The van der Waals surface area contributed by atoms with Gasteiger partial charge in [-0.1, -0.05) is 0 Å².